The van der Waals surface area contributed by atoms with Gasteiger partial charge in [0.2, 0.25) is 5.88 Å². The summed E-state index contributed by atoms with van der Waals surface area (Å²) in [5, 5.41) is 12.9. The molecule has 4 rings (SSSR count). The van der Waals surface area contributed by atoms with Crippen molar-refractivity contribution < 1.29 is 24.2 Å². The van der Waals surface area contributed by atoms with Crippen LogP contribution in [-0.2, 0) is 19.4 Å². The first-order valence-electron chi connectivity index (χ1n) is 13.9. The highest BCUT2D eigenvalue weighted by atomic mass is 16.5. The van der Waals surface area contributed by atoms with Crippen LogP contribution in [0.1, 0.15) is 85.6 Å². The van der Waals surface area contributed by atoms with Gasteiger partial charge in [0, 0.05) is 40.5 Å². The van der Waals surface area contributed by atoms with E-state index in [9.17, 15) is 14.7 Å². The Bertz CT molecular complexity index is 1230. The molecule has 0 radical (unpaired) electrons. The molecular formula is C31H41N3O5. The number of carboxylic acid groups (broad SMARTS) is 1. The number of carbonyl (C=O) groups excluding carboxylic acids is 1. The first kappa shape index (κ1) is 28.5. The molecule has 2 N–H and O–H groups in total. The molecule has 2 heterocycles. The average molecular weight is 536 g/mol. The zero-order chi connectivity index (χ0) is 28.2. The summed E-state index contributed by atoms with van der Waals surface area (Å²) in [6.07, 6.45) is 8.68. The van der Waals surface area contributed by atoms with Gasteiger partial charge in [-0.15, -0.1) is 0 Å². The second-order valence-corrected chi connectivity index (χ2v) is 11.5. The predicted molar refractivity (Wildman–Crippen MR) is 151 cm³/mol. The fourth-order valence-corrected chi connectivity index (χ4v) is 5.83. The SMILES string of the molecule is COc1nc(C)cc2c1CNC(=O)c1cccc(O[C@H]3CC[C@H](N(C(=O)O)C(C)(C)C)CC3)c1CC=CCC2. The second kappa shape index (κ2) is 12.1. The molecule has 2 amide bonds. The largest absolute Gasteiger partial charge is 0.490 e. The van der Waals surface area contributed by atoms with Crippen LogP contribution in [0, 0.1) is 6.92 Å². The van der Waals surface area contributed by atoms with Crippen molar-refractivity contribution in [3.63, 3.8) is 0 Å². The van der Waals surface area contributed by atoms with Gasteiger partial charge in [0.1, 0.15) is 5.75 Å². The Morgan fingerprint density at radius 3 is 2.54 bits per heavy atom. The van der Waals surface area contributed by atoms with E-state index in [0.717, 1.165) is 60.9 Å². The third-order valence-electron chi connectivity index (χ3n) is 7.60. The molecule has 210 valence electrons. The Kier molecular flexibility index (Phi) is 8.83. The maximum Gasteiger partial charge on any atom is 0.407 e. The van der Waals surface area contributed by atoms with Gasteiger partial charge in [-0.1, -0.05) is 18.2 Å². The molecule has 2 aromatic rings. The van der Waals surface area contributed by atoms with E-state index in [4.69, 9.17) is 9.47 Å². The number of benzene rings is 1. The van der Waals surface area contributed by atoms with E-state index in [1.54, 1.807) is 12.0 Å². The number of methoxy groups -OCH3 is 1. The van der Waals surface area contributed by atoms with Gasteiger partial charge in [0.15, 0.2) is 0 Å². The van der Waals surface area contributed by atoms with Crippen molar-refractivity contribution in [1.29, 1.82) is 0 Å². The zero-order valence-corrected chi connectivity index (χ0v) is 23.8. The average Bonchev–Trinajstić information content (AvgIpc) is 2.87. The lowest BCUT2D eigenvalue weighted by atomic mass is 9.89. The molecule has 39 heavy (non-hydrogen) atoms. The van der Waals surface area contributed by atoms with Crippen LogP contribution < -0.4 is 14.8 Å². The van der Waals surface area contributed by atoms with E-state index < -0.39 is 11.6 Å². The molecule has 0 saturated heterocycles. The van der Waals surface area contributed by atoms with Gasteiger partial charge in [-0.2, -0.15) is 0 Å². The summed E-state index contributed by atoms with van der Waals surface area (Å²) >= 11 is 0. The number of aromatic nitrogens is 1. The summed E-state index contributed by atoms with van der Waals surface area (Å²) < 4.78 is 12.0. The normalized spacial score (nSPS) is 20.0. The van der Waals surface area contributed by atoms with E-state index in [1.807, 2.05) is 45.9 Å². The highest BCUT2D eigenvalue weighted by molar-refractivity contribution is 5.96. The minimum absolute atomic E-state index is 0.0226. The molecular weight excluding hydrogens is 494 g/mol. The number of allylic oxidation sites excluding steroid dienone is 2. The summed E-state index contributed by atoms with van der Waals surface area (Å²) in [7, 11) is 1.61. The quantitative estimate of drug-likeness (QED) is 0.477. The second-order valence-electron chi connectivity index (χ2n) is 11.5. The Morgan fingerprint density at radius 2 is 1.87 bits per heavy atom. The minimum Gasteiger partial charge on any atom is -0.490 e. The molecule has 8 heteroatoms. The predicted octanol–water partition coefficient (Wildman–Crippen LogP) is 5.84. The maximum absolute atomic E-state index is 13.4. The van der Waals surface area contributed by atoms with E-state index in [1.165, 1.54) is 0 Å². The van der Waals surface area contributed by atoms with Crippen LogP contribution in [0.2, 0.25) is 0 Å². The highest BCUT2D eigenvalue weighted by Crippen LogP contribution is 2.33. The molecule has 1 fully saturated rings. The van der Waals surface area contributed by atoms with Crippen molar-refractivity contribution in [3.8, 4) is 11.6 Å². The molecule has 1 aromatic heterocycles. The van der Waals surface area contributed by atoms with Crippen LogP contribution in [0.5, 0.6) is 11.6 Å². The molecule has 0 unspecified atom stereocenters. The van der Waals surface area contributed by atoms with Crippen molar-refractivity contribution in [3.05, 3.63) is 64.4 Å². The van der Waals surface area contributed by atoms with Crippen molar-refractivity contribution >= 4 is 12.0 Å². The number of rotatable bonds is 4. The van der Waals surface area contributed by atoms with Crippen LogP contribution in [0.15, 0.2) is 36.4 Å². The van der Waals surface area contributed by atoms with Gasteiger partial charge in [0.25, 0.3) is 5.91 Å². The van der Waals surface area contributed by atoms with Crippen LogP contribution >= 0.6 is 0 Å². The minimum atomic E-state index is -0.876. The fourth-order valence-electron chi connectivity index (χ4n) is 5.83. The standard InChI is InChI=1S/C31H41N3O5/c1-20-18-21-10-7-6-8-11-24-25(28(35)32-19-26(21)29(33-20)38-5)12-9-13-27(24)39-23-16-14-22(15-17-23)34(30(36)37)31(2,3)4/h6,8-9,12-13,18,22-23H,7,10-11,14-17,19H2,1-5H3,(H,32,35)(H,36,37)/t22-,23-. The number of pyridine rings is 1. The van der Waals surface area contributed by atoms with Crippen molar-refractivity contribution in [2.45, 2.75) is 96.9 Å². The molecule has 0 atom stereocenters. The van der Waals surface area contributed by atoms with Crippen LogP contribution in [-0.4, -0.2) is 51.8 Å². The number of hydrogen-bond acceptors (Lipinski definition) is 5. The zero-order valence-electron chi connectivity index (χ0n) is 23.8. The first-order valence-corrected chi connectivity index (χ1v) is 13.9. The van der Waals surface area contributed by atoms with E-state index in [2.05, 4.69) is 28.5 Å². The Morgan fingerprint density at radius 1 is 1.13 bits per heavy atom. The van der Waals surface area contributed by atoms with Crippen LogP contribution in [0.3, 0.4) is 0 Å². The van der Waals surface area contributed by atoms with Crippen molar-refractivity contribution in [2.24, 2.45) is 0 Å². The molecule has 0 spiro atoms. The molecule has 1 saturated carbocycles. The lowest BCUT2D eigenvalue weighted by molar-refractivity contribution is 0.0366. The van der Waals surface area contributed by atoms with Gasteiger partial charge in [0.05, 0.1) is 13.2 Å². The lowest BCUT2D eigenvalue weighted by Gasteiger charge is -2.42. The summed E-state index contributed by atoms with van der Waals surface area (Å²) in [4.78, 5) is 31.4. The molecule has 1 aliphatic carbocycles. The highest BCUT2D eigenvalue weighted by Gasteiger charge is 2.36. The van der Waals surface area contributed by atoms with Crippen LogP contribution in [0.25, 0.3) is 0 Å². The van der Waals surface area contributed by atoms with E-state index in [0.29, 0.717) is 30.2 Å². The molecule has 1 aliphatic heterocycles. The third kappa shape index (κ3) is 6.72. The number of amides is 2. The smallest absolute Gasteiger partial charge is 0.407 e. The molecule has 0 bridgehead atoms. The lowest BCUT2D eigenvalue weighted by Crippen LogP contribution is -2.52. The number of nitrogens with one attached hydrogen (secondary N) is 1. The topological polar surface area (TPSA) is 101 Å². The molecule has 1 aromatic carbocycles. The van der Waals surface area contributed by atoms with Crippen molar-refractivity contribution in [2.75, 3.05) is 7.11 Å². The molecule has 8 nitrogen and oxygen atoms in total. The summed E-state index contributed by atoms with van der Waals surface area (Å²) in [6, 6.07) is 7.68. The number of ether oxygens (including phenoxy) is 2. The Labute approximate surface area is 231 Å². The number of aryl methyl sites for hydroxylation is 2. The summed E-state index contributed by atoms with van der Waals surface area (Å²) in [6.45, 7) is 8.09. The first-order chi connectivity index (χ1) is 18.6. The van der Waals surface area contributed by atoms with Gasteiger partial charge >= 0.3 is 6.09 Å². The van der Waals surface area contributed by atoms with Gasteiger partial charge < -0.3 is 24.8 Å². The number of carbonyl (C=O) groups is 2. The summed E-state index contributed by atoms with van der Waals surface area (Å²) in [5.74, 6) is 1.10. The Hall–Kier alpha value is -3.55. The van der Waals surface area contributed by atoms with Crippen LogP contribution in [0.4, 0.5) is 4.79 Å². The molecule has 2 aliphatic rings. The number of hydrogen-bond donors (Lipinski definition) is 2. The van der Waals surface area contributed by atoms with Gasteiger partial charge in [-0.05, 0) is 96.4 Å². The van der Waals surface area contributed by atoms with Crippen molar-refractivity contribution in [1.82, 2.24) is 15.2 Å². The van der Waals surface area contributed by atoms with E-state index in [-0.39, 0.29) is 18.1 Å². The van der Waals surface area contributed by atoms with Gasteiger partial charge in [-0.3, -0.25) is 4.79 Å². The Balaban J connectivity index is 1.53. The van der Waals surface area contributed by atoms with E-state index >= 15 is 0 Å². The number of fused-ring (bicyclic) bond motifs is 2. The third-order valence-corrected chi connectivity index (χ3v) is 7.60. The number of nitrogens with zero attached hydrogens (tertiary/aromatic N) is 2. The monoisotopic (exact) mass is 535 g/mol. The summed E-state index contributed by atoms with van der Waals surface area (Å²) in [5.41, 5.74) is 3.94. The van der Waals surface area contributed by atoms with Gasteiger partial charge in [-0.25, -0.2) is 9.78 Å². The fraction of sp³-hybridized carbons (Fsp3) is 0.516. The maximum atomic E-state index is 13.4.